The fraction of sp³-hybridized carbons (Fsp3) is 0.176. The number of thioether (sulfide) groups is 1. The van der Waals surface area contributed by atoms with Gasteiger partial charge in [-0.05, 0) is 42.7 Å². The second-order valence-corrected chi connectivity index (χ2v) is 7.70. The number of hydrogen-bond acceptors (Lipinski definition) is 7. The zero-order chi connectivity index (χ0) is 20.0. The van der Waals surface area contributed by atoms with E-state index in [9.17, 15) is 18.0 Å². The Kier molecular flexibility index (Phi) is 6.83. The third-order valence-corrected chi connectivity index (χ3v) is 5.04. The van der Waals surface area contributed by atoms with E-state index in [0.29, 0.717) is 5.69 Å². The minimum atomic E-state index is -4.01. The Balaban J connectivity index is 2.07. The SMILES string of the molecule is COc1ccc(S(N)(=O)=O)cc1C(=O)OCC(=O)Nc1cccc(SC)c1. The molecule has 2 aromatic carbocycles. The molecule has 0 atom stereocenters. The Morgan fingerprint density at radius 3 is 2.56 bits per heavy atom. The van der Waals surface area contributed by atoms with Crippen LogP contribution in [0.4, 0.5) is 5.69 Å². The average molecular weight is 410 g/mol. The highest BCUT2D eigenvalue weighted by Crippen LogP contribution is 2.23. The molecule has 0 aliphatic heterocycles. The summed E-state index contributed by atoms with van der Waals surface area (Å²) in [4.78, 5) is 24.9. The van der Waals surface area contributed by atoms with Crippen LogP contribution >= 0.6 is 11.8 Å². The van der Waals surface area contributed by atoms with Crippen molar-refractivity contribution in [1.82, 2.24) is 0 Å². The molecule has 2 rings (SSSR count). The first kappa shape index (κ1) is 20.7. The summed E-state index contributed by atoms with van der Waals surface area (Å²) in [6.45, 7) is -0.551. The van der Waals surface area contributed by atoms with E-state index in [-0.39, 0.29) is 16.2 Å². The van der Waals surface area contributed by atoms with E-state index in [1.165, 1.54) is 31.0 Å². The fourth-order valence-electron chi connectivity index (χ4n) is 2.13. The molecule has 0 unspecified atom stereocenters. The van der Waals surface area contributed by atoms with Crippen molar-refractivity contribution in [2.75, 3.05) is 25.3 Å². The summed E-state index contributed by atoms with van der Waals surface area (Å²) < 4.78 is 32.9. The standard InChI is InChI=1S/C17H18N2O6S2/c1-24-15-7-6-13(27(18,22)23)9-14(15)17(21)25-10-16(20)19-11-4-3-5-12(8-11)26-2/h3-9H,10H2,1-2H3,(H,19,20)(H2,18,22,23). The molecule has 0 spiro atoms. The van der Waals surface area contributed by atoms with E-state index in [1.54, 1.807) is 18.2 Å². The van der Waals surface area contributed by atoms with E-state index in [4.69, 9.17) is 14.6 Å². The lowest BCUT2D eigenvalue weighted by atomic mass is 10.2. The molecule has 0 aliphatic rings. The molecule has 27 heavy (non-hydrogen) atoms. The van der Waals surface area contributed by atoms with E-state index < -0.39 is 28.5 Å². The lowest BCUT2D eigenvalue weighted by molar-refractivity contribution is -0.119. The van der Waals surface area contributed by atoms with Gasteiger partial charge in [-0.1, -0.05) is 6.07 Å². The van der Waals surface area contributed by atoms with Crippen LogP contribution in [0.1, 0.15) is 10.4 Å². The largest absolute Gasteiger partial charge is 0.496 e. The van der Waals surface area contributed by atoms with Crippen LogP contribution in [0.3, 0.4) is 0 Å². The molecule has 2 aromatic rings. The van der Waals surface area contributed by atoms with Gasteiger partial charge in [-0.15, -0.1) is 11.8 Å². The number of benzene rings is 2. The number of hydrogen-bond donors (Lipinski definition) is 2. The lowest BCUT2D eigenvalue weighted by Crippen LogP contribution is -2.21. The van der Waals surface area contributed by atoms with Crippen LogP contribution in [0.5, 0.6) is 5.75 Å². The number of amides is 1. The number of nitrogens with two attached hydrogens (primary N) is 1. The van der Waals surface area contributed by atoms with Crippen LogP contribution in [0.2, 0.25) is 0 Å². The number of carbonyl (C=O) groups is 2. The quantitative estimate of drug-likeness (QED) is 0.527. The maximum Gasteiger partial charge on any atom is 0.342 e. The van der Waals surface area contributed by atoms with Gasteiger partial charge in [-0.25, -0.2) is 18.4 Å². The maximum absolute atomic E-state index is 12.2. The zero-order valence-electron chi connectivity index (χ0n) is 14.6. The molecular weight excluding hydrogens is 392 g/mol. The minimum absolute atomic E-state index is 0.0977. The van der Waals surface area contributed by atoms with E-state index in [1.807, 2.05) is 12.3 Å². The second-order valence-electron chi connectivity index (χ2n) is 5.26. The van der Waals surface area contributed by atoms with Gasteiger partial charge in [0.05, 0.1) is 12.0 Å². The topological polar surface area (TPSA) is 125 Å². The first-order valence-electron chi connectivity index (χ1n) is 7.56. The molecule has 0 saturated carbocycles. The molecule has 0 fully saturated rings. The van der Waals surface area contributed by atoms with Gasteiger partial charge in [0, 0.05) is 10.6 Å². The first-order chi connectivity index (χ1) is 12.7. The Morgan fingerprint density at radius 1 is 1.19 bits per heavy atom. The summed E-state index contributed by atoms with van der Waals surface area (Å²) in [5.41, 5.74) is 0.415. The van der Waals surface area contributed by atoms with Crippen LogP contribution < -0.4 is 15.2 Å². The molecule has 144 valence electrons. The number of methoxy groups -OCH3 is 1. The normalized spacial score (nSPS) is 10.9. The highest BCUT2D eigenvalue weighted by molar-refractivity contribution is 7.98. The van der Waals surface area contributed by atoms with Gasteiger partial charge in [-0.3, -0.25) is 4.79 Å². The Labute approximate surface area is 161 Å². The van der Waals surface area contributed by atoms with Crippen molar-refractivity contribution in [3.05, 3.63) is 48.0 Å². The molecule has 8 nitrogen and oxygen atoms in total. The van der Waals surface area contributed by atoms with E-state index >= 15 is 0 Å². The Bertz CT molecular complexity index is 960. The van der Waals surface area contributed by atoms with Gasteiger partial charge in [-0.2, -0.15) is 0 Å². The molecule has 3 N–H and O–H groups in total. The molecule has 0 heterocycles. The predicted molar refractivity (Wildman–Crippen MR) is 102 cm³/mol. The molecule has 0 aliphatic carbocycles. The van der Waals surface area contributed by atoms with Crippen LogP contribution in [-0.4, -0.2) is 40.3 Å². The van der Waals surface area contributed by atoms with Crippen LogP contribution in [0.25, 0.3) is 0 Å². The van der Waals surface area contributed by atoms with Crippen molar-refractivity contribution in [2.45, 2.75) is 9.79 Å². The van der Waals surface area contributed by atoms with Crippen molar-refractivity contribution in [2.24, 2.45) is 5.14 Å². The summed E-state index contributed by atoms with van der Waals surface area (Å²) in [7, 11) is -2.69. The number of sulfonamides is 1. The average Bonchev–Trinajstić information content (AvgIpc) is 2.65. The third kappa shape index (κ3) is 5.71. The molecule has 10 heteroatoms. The molecular formula is C17H18N2O6S2. The monoisotopic (exact) mass is 410 g/mol. The van der Waals surface area contributed by atoms with Gasteiger partial charge in [0.15, 0.2) is 6.61 Å². The highest BCUT2D eigenvalue weighted by Gasteiger charge is 2.19. The minimum Gasteiger partial charge on any atom is -0.496 e. The Morgan fingerprint density at radius 2 is 1.93 bits per heavy atom. The number of primary sulfonamides is 1. The summed E-state index contributed by atoms with van der Waals surface area (Å²) in [5, 5.41) is 7.67. The molecule has 0 bridgehead atoms. The lowest BCUT2D eigenvalue weighted by Gasteiger charge is -2.10. The van der Waals surface area contributed by atoms with Crippen molar-refractivity contribution in [1.29, 1.82) is 0 Å². The second kappa shape index (κ2) is 8.89. The highest BCUT2D eigenvalue weighted by atomic mass is 32.2. The number of nitrogens with one attached hydrogen (secondary N) is 1. The van der Waals surface area contributed by atoms with Crippen molar-refractivity contribution >= 4 is 39.3 Å². The Hall–Kier alpha value is -2.56. The fourth-order valence-corrected chi connectivity index (χ4v) is 3.13. The summed E-state index contributed by atoms with van der Waals surface area (Å²) >= 11 is 1.52. The molecule has 0 radical (unpaired) electrons. The summed E-state index contributed by atoms with van der Waals surface area (Å²) in [6.07, 6.45) is 1.91. The first-order valence-corrected chi connectivity index (χ1v) is 10.3. The van der Waals surface area contributed by atoms with Gasteiger partial charge >= 0.3 is 5.97 Å². The van der Waals surface area contributed by atoms with Gasteiger partial charge in [0.1, 0.15) is 11.3 Å². The van der Waals surface area contributed by atoms with Crippen LogP contribution in [0.15, 0.2) is 52.3 Å². The van der Waals surface area contributed by atoms with Gasteiger partial charge < -0.3 is 14.8 Å². The van der Waals surface area contributed by atoms with Crippen molar-refractivity contribution < 1.29 is 27.5 Å². The molecule has 0 aromatic heterocycles. The molecule has 1 amide bonds. The number of carbonyl (C=O) groups excluding carboxylic acids is 2. The smallest absolute Gasteiger partial charge is 0.342 e. The van der Waals surface area contributed by atoms with E-state index in [0.717, 1.165) is 11.0 Å². The zero-order valence-corrected chi connectivity index (χ0v) is 16.2. The van der Waals surface area contributed by atoms with Gasteiger partial charge in [0.2, 0.25) is 10.0 Å². The number of ether oxygens (including phenoxy) is 2. The van der Waals surface area contributed by atoms with Crippen LogP contribution in [0, 0.1) is 0 Å². The van der Waals surface area contributed by atoms with Gasteiger partial charge in [0.25, 0.3) is 5.91 Å². The number of rotatable bonds is 7. The van der Waals surface area contributed by atoms with Crippen LogP contribution in [-0.2, 0) is 19.6 Å². The predicted octanol–water partition coefficient (Wildman–Crippen LogP) is 1.86. The third-order valence-electron chi connectivity index (χ3n) is 3.41. The number of anilines is 1. The summed E-state index contributed by atoms with van der Waals surface area (Å²) in [5.74, 6) is -1.35. The number of esters is 1. The van der Waals surface area contributed by atoms with Crippen molar-refractivity contribution in [3.8, 4) is 5.75 Å². The van der Waals surface area contributed by atoms with E-state index in [2.05, 4.69) is 5.32 Å². The maximum atomic E-state index is 12.2. The van der Waals surface area contributed by atoms with Crippen molar-refractivity contribution in [3.63, 3.8) is 0 Å². The summed E-state index contributed by atoms with van der Waals surface area (Å²) in [6, 6.07) is 10.7. The molecule has 0 saturated heterocycles.